The molecule has 0 spiro atoms. The van der Waals surface area contributed by atoms with Crippen LogP contribution in [0.25, 0.3) is 11.3 Å². The topological polar surface area (TPSA) is 42.7 Å². The van der Waals surface area contributed by atoms with E-state index in [-0.39, 0.29) is 6.04 Å². The van der Waals surface area contributed by atoms with Gasteiger partial charge in [0, 0.05) is 29.7 Å². The summed E-state index contributed by atoms with van der Waals surface area (Å²) < 4.78 is 25.9. The number of nitrogens with zero attached hydrogens (tertiary/aromatic N) is 3. The fourth-order valence-corrected chi connectivity index (χ4v) is 1.97. The van der Waals surface area contributed by atoms with Gasteiger partial charge in [-0.05, 0) is 26.0 Å². The summed E-state index contributed by atoms with van der Waals surface area (Å²) in [6.45, 7) is 3.56. The second-order valence-corrected chi connectivity index (χ2v) is 5.05. The minimum atomic E-state index is -2.43. The highest BCUT2D eigenvalue weighted by atomic mass is 35.5. The van der Waals surface area contributed by atoms with Crippen LogP contribution in [0.4, 0.5) is 14.5 Å². The van der Waals surface area contributed by atoms with E-state index in [0.717, 1.165) is 11.3 Å². The Bertz CT molecular complexity index is 584. The summed E-state index contributed by atoms with van der Waals surface area (Å²) in [5.74, 6) is 0. The Kier molecular flexibility index (Phi) is 4.54. The van der Waals surface area contributed by atoms with Crippen molar-refractivity contribution in [1.29, 1.82) is 0 Å². The van der Waals surface area contributed by atoms with Crippen molar-refractivity contribution in [3.8, 4) is 11.3 Å². The number of pyridine rings is 1. The summed E-state index contributed by atoms with van der Waals surface area (Å²) in [6.07, 6.45) is 0.677. The standard InChI is InChI=1S/C13H15ClF2N4/c1-8(2)18-11-5-12(14)17-6-9(11)10-3-4-20(19-10)7-13(15)16/h3-6,8,13H,7H2,1-2H3,(H,17,18). The molecular formula is C13H15ClF2N4. The molecular weight excluding hydrogens is 286 g/mol. The lowest BCUT2D eigenvalue weighted by atomic mass is 10.1. The van der Waals surface area contributed by atoms with Crippen molar-refractivity contribution in [3.05, 3.63) is 29.7 Å². The van der Waals surface area contributed by atoms with Crippen LogP contribution in [0, 0.1) is 0 Å². The first kappa shape index (κ1) is 14.7. The Morgan fingerprint density at radius 2 is 2.15 bits per heavy atom. The first-order valence-electron chi connectivity index (χ1n) is 6.19. The molecule has 0 amide bonds. The van der Waals surface area contributed by atoms with Gasteiger partial charge >= 0.3 is 0 Å². The van der Waals surface area contributed by atoms with Crippen molar-refractivity contribution in [1.82, 2.24) is 14.8 Å². The first-order chi connectivity index (χ1) is 9.45. The average molecular weight is 301 g/mol. The van der Waals surface area contributed by atoms with Gasteiger partial charge in [-0.2, -0.15) is 5.10 Å². The Hall–Kier alpha value is -1.69. The number of aromatic nitrogens is 3. The SMILES string of the molecule is CC(C)Nc1cc(Cl)ncc1-c1ccn(CC(F)F)n1. The summed E-state index contributed by atoms with van der Waals surface area (Å²) >= 11 is 5.89. The number of hydrogen-bond donors (Lipinski definition) is 1. The zero-order chi connectivity index (χ0) is 14.7. The molecule has 7 heteroatoms. The van der Waals surface area contributed by atoms with Gasteiger partial charge in [-0.1, -0.05) is 11.6 Å². The fourth-order valence-electron chi connectivity index (χ4n) is 1.81. The molecule has 2 aromatic heterocycles. The summed E-state index contributed by atoms with van der Waals surface area (Å²) in [4.78, 5) is 4.02. The van der Waals surface area contributed by atoms with Crippen LogP contribution in [-0.4, -0.2) is 27.2 Å². The fraction of sp³-hybridized carbons (Fsp3) is 0.385. The zero-order valence-electron chi connectivity index (χ0n) is 11.1. The lowest BCUT2D eigenvalue weighted by Gasteiger charge is -2.13. The van der Waals surface area contributed by atoms with Crippen molar-refractivity contribution in [2.45, 2.75) is 32.9 Å². The Balaban J connectivity index is 2.33. The summed E-state index contributed by atoms with van der Waals surface area (Å²) in [5.41, 5.74) is 2.09. The highest BCUT2D eigenvalue weighted by molar-refractivity contribution is 6.29. The van der Waals surface area contributed by atoms with Crippen LogP contribution >= 0.6 is 11.6 Å². The van der Waals surface area contributed by atoms with E-state index in [1.54, 1.807) is 18.3 Å². The minimum absolute atomic E-state index is 0.204. The van der Waals surface area contributed by atoms with E-state index in [9.17, 15) is 8.78 Å². The molecule has 0 saturated heterocycles. The van der Waals surface area contributed by atoms with E-state index in [2.05, 4.69) is 15.4 Å². The Morgan fingerprint density at radius 3 is 2.80 bits per heavy atom. The highest BCUT2D eigenvalue weighted by Crippen LogP contribution is 2.28. The van der Waals surface area contributed by atoms with E-state index in [0.29, 0.717) is 10.8 Å². The molecule has 0 fully saturated rings. The molecule has 2 heterocycles. The number of hydrogen-bond acceptors (Lipinski definition) is 3. The molecule has 108 valence electrons. The third kappa shape index (κ3) is 3.66. The quantitative estimate of drug-likeness (QED) is 0.857. The van der Waals surface area contributed by atoms with E-state index < -0.39 is 13.0 Å². The van der Waals surface area contributed by atoms with Gasteiger partial charge in [0.05, 0.1) is 5.69 Å². The predicted octanol–water partition coefficient (Wildman–Crippen LogP) is 3.68. The second kappa shape index (κ2) is 6.17. The molecule has 2 rings (SSSR count). The molecule has 4 nitrogen and oxygen atoms in total. The van der Waals surface area contributed by atoms with Gasteiger partial charge in [0.15, 0.2) is 0 Å². The monoisotopic (exact) mass is 300 g/mol. The van der Waals surface area contributed by atoms with Gasteiger partial charge in [-0.15, -0.1) is 0 Å². The molecule has 0 aliphatic rings. The lowest BCUT2D eigenvalue weighted by Crippen LogP contribution is -2.11. The van der Waals surface area contributed by atoms with Crippen LogP contribution < -0.4 is 5.32 Å². The highest BCUT2D eigenvalue weighted by Gasteiger charge is 2.12. The van der Waals surface area contributed by atoms with E-state index >= 15 is 0 Å². The minimum Gasteiger partial charge on any atom is -0.382 e. The maximum Gasteiger partial charge on any atom is 0.257 e. The second-order valence-electron chi connectivity index (χ2n) is 4.67. The number of anilines is 1. The van der Waals surface area contributed by atoms with Crippen LogP contribution in [0.3, 0.4) is 0 Å². The van der Waals surface area contributed by atoms with E-state index in [1.807, 2.05) is 13.8 Å². The summed E-state index contributed by atoms with van der Waals surface area (Å²) in [6, 6.07) is 3.58. The molecule has 0 radical (unpaired) electrons. The van der Waals surface area contributed by atoms with Crippen molar-refractivity contribution < 1.29 is 8.78 Å². The molecule has 20 heavy (non-hydrogen) atoms. The van der Waals surface area contributed by atoms with Gasteiger partial charge in [-0.25, -0.2) is 13.8 Å². The number of nitrogens with one attached hydrogen (secondary N) is 1. The largest absolute Gasteiger partial charge is 0.382 e. The normalized spacial score (nSPS) is 11.3. The van der Waals surface area contributed by atoms with Gasteiger partial charge in [0.25, 0.3) is 6.43 Å². The van der Waals surface area contributed by atoms with Gasteiger partial charge < -0.3 is 5.32 Å². The average Bonchev–Trinajstić information content (AvgIpc) is 2.75. The number of halogens is 3. The van der Waals surface area contributed by atoms with Crippen molar-refractivity contribution in [3.63, 3.8) is 0 Å². The van der Waals surface area contributed by atoms with Gasteiger partial charge in [0.2, 0.25) is 0 Å². The number of alkyl halides is 2. The van der Waals surface area contributed by atoms with Gasteiger partial charge in [-0.3, -0.25) is 4.68 Å². The van der Waals surface area contributed by atoms with Crippen LogP contribution in [0.5, 0.6) is 0 Å². The summed E-state index contributed by atoms with van der Waals surface area (Å²) in [5, 5.41) is 7.74. The molecule has 0 saturated carbocycles. The van der Waals surface area contributed by atoms with Gasteiger partial charge in [0.1, 0.15) is 11.7 Å². The van der Waals surface area contributed by atoms with E-state index in [1.165, 1.54) is 10.9 Å². The predicted molar refractivity (Wildman–Crippen MR) is 75.2 cm³/mol. The molecule has 0 bridgehead atoms. The molecule has 0 unspecified atom stereocenters. The third-order valence-electron chi connectivity index (χ3n) is 2.56. The zero-order valence-corrected chi connectivity index (χ0v) is 11.9. The Morgan fingerprint density at radius 1 is 1.40 bits per heavy atom. The molecule has 0 atom stereocenters. The molecule has 2 aromatic rings. The number of rotatable bonds is 5. The molecule has 0 aliphatic heterocycles. The molecule has 1 N–H and O–H groups in total. The van der Waals surface area contributed by atoms with Crippen molar-refractivity contribution >= 4 is 17.3 Å². The van der Waals surface area contributed by atoms with Crippen LogP contribution in [0.15, 0.2) is 24.5 Å². The molecule has 0 aromatic carbocycles. The summed E-state index contributed by atoms with van der Waals surface area (Å²) in [7, 11) is 0. The van der Waals surface area contributed by atoms with E-state index in [4.69, 9.17) is 11.6 Å². The van der Waals surface area contributed by atoms with Crippen molar-refractivity contribution in [2.75, 3.05) is 5.32 Å². The third-order valence-corrected chi connectivity index (χ3v) is 2.76. The van der Waals surface area contributed by atoms with Crippen LogP contribution in [0.2, 0.25) is 5.15 Å². The smallest absolute Gasteiger partial charge is 0.257 e. The lowest BCUT2D eigenvalue weighted by molar-refractivity contribution is 0.122. The molecule has 0 aliphatic carbocycles. The van der Waals surface area contributed by atoms with Crippen LogP contribution in [0.1, 0.15) is 13.8 Å². The maximum atomic E-state index is 12.3. The van der Waals surface area contributed by atoms with Crippen LogP contribution in [-0.2, 0) is 6.54 Å². The first-order valence-corrected chi connectivity index (χ1v) is 6.57. The Labute approximate surface area is 120 Å². The maximum absolute atomic E-state index is 12.3. The van der Waals surface area contributed by atoms with Crippen molar-refractivity contribution in [2.24, 2.45) is 0 Å².